The van der Waals surface area contributed by atoms with Gasteiger partial charge < -0.3 is 14.3 Å². The van der Waals surface area contributed by atoms with Crippen molar-refractivity contribution in [2.24, 2.45) is 7.05 Å². The quantitative estimate of drug-likeness (QED) is 0.522. The number of nitrogens with zero attached hydrogens (tertiary/aromatic N) is 4. The van der Waals surface area contributed by atoms with Crippen molar-refractivity contribution >= 4 is 33.4 Å². The van der Waals surface area contributed by atoms with Crippen LogP contribution in [0.5, 0.6) is 0 Å². The molecule has 1 atom stereocenters. The minimum Gasteiger partial charge on any atom is -0.469 e. The van der Waals surface area contributed by atoms with E-state index in [4.69, 9.17) is 4.42 Å². The molecule has 1 N–H and O–H groups in total. The Morgan fingerprint density at radius 2 is 1.84 bits per heavy atom. The number of rotatable bonds is 7. The molecule has 1 amide bonds. The highest BCUT2D eigenvalue weighted by Gasteiger charge is 2.27. The summed E-state index contributed by atoms with van der Waals surface area (Å²) in [6.45, 7) is 4.75. The second kappa shape index (κ2) is 9.08. The van der Waals surface area contributed by atoms with Gasteiger partial charge in [0.25, 0.3) is 0 Å². The fourth-order valence-corrected chi connectivity index (χ4v) is 5.84. The molecule has 4 rings (SSSR count). The molecule has 170 valence electrons. The summed E-state index contributed by atoms with van der Waals surface area (Å²) in [4.78, 5) is 12.9. The first-order chi connectivity index (χ1) is 15.3. The Bertz CT molecular complexity index is 1210. The number of aromatic nitrogens is 3. The summed E-state index contributed by atoms with van der Waals surface area (Å²) < 4.78 is 33.9. The van der Waals surface area contributed by atoms with Crippen LogP contribution in [0.25, 0.3) is 11.4 Å². The van der Waals surface area contributed by atoms with Crippen LogP contribution in [0.15, 0.2) is 51.1 Å². The summed E-state index contributed by atoms with van der Waals surface area (Å²) in [7, 11) is -1.63. The van der Waals surface area contributed by atoms with Crippen LogP contribution >= 0.6 is 11.8 Å². The Labute approximate surface area is 191 Å². The monoisotopic (exact) mass is 475 g/mol. The van der Waals surface area contributed by atoms with Gasteiger partial charge in [0, 0.05) is 25.8 Å². The van der Waals surface area contributed by atoms with Gasteiger partial charge in [-0.05, 0) is 57.0 Å². The van der Waals surface area contributed by atoms with Crippen LogP contribution in [0.3, 0.4) is 0 Å². The number of nitrogens with one attached hydrogen (secondary N) is 1. The fourth-order valence-electron chi connectivity index (χ4n) is 3.51. The van der Waals surface area contributed by atoms with Crippen molar-refractivity contribution in [2.75, 3.05) is 18.4 Å². The molecule has 3 heterocycles. The van der Waals surface area contributed by atoms with Crippen LogP contribution in [0.4, 0.5) is 5.69 Å². The SMILES string of the molecule is Cc1occc1-c1nnc(SC(C)C(=O)Nc2ccc(S(=O)(=O)N3CCCC3)cc2)n1C. The average molecular weight is 476 g/mol. The topological polar surface area (TPSA) is 110 Å². The predicted octanol–water partition coefficient (Wildman–Crippen LogP) is 3.29. The fraction of sp³-hybridized carbons (Fsp3) is 0.381. The smallest absolute Gasteiger partial charge is 0.243 e. The maximum Gasteiger partial charge on any atom is 0.243 e. The summed E-state index contributed by atoms with van der Waals surface area (Å²) in [6, 6.07) is 8.12. The van der Waals surface area contributed by atoms with E-state index in [2.05, 4.69) is 15.5 Å². The second-order valence-electron chi connectivity index (χ2n) is 7.64. The Morgan fingerprint density at radius 3 is 2.47 bits per heavy atom. The van der Waals surface area contributed by atoms with E-state index in [0.717, 1.165) is 24.2 Å². The summed E-state index contributed by atoms with van der Waals surface area (Å²) in [5.41, 5.74) is 1.39. The van der Waals surface area contributed by atoms with E-state index in [9.17, 15) is 13.2 Å². The molecule has 0 bridgehead atoms. The van der Waals surface area contributed by atoms with E-state index < -0.39 is 15.3 Å². The van der Waals surface area contributed by atoms with Crippen molar-refractivity contribution in [3.05, 3.63) is 42.4 Å². The number of furan rings is 1. The lowest BCUT2D eigenvalue weighted by Gasteiger charge is -2.16. The Balaban J connectivity index is 1.40. The zero-order chi connectivity index (χ0) is 22.9. The molecule has 0 spiro atoms. The molecule has 1 aliphatic heterocycles. The highest BCUT2D eigenvalue weighted by molar-refractivity contribution is 8.00. The lowest BCUT2D eigenvalue weighted by molar-refractivity contribution is -0.115. The van der Waals surface area contributed by atoms with Crippen LogP contribution in [-0.4, -0.2) is 51.7 Å². The van der Waals surface area contributed by atoms with Gasteiger partial charge in [0.1, 0.15) is 5.76 Å². The molecule has 1 unspecified atom stereocenters. The van der Waals surface area contributed by atoms with Crippen LogP contribution in [0.1, 0.15) is 25.5 Å². The first kappa shape index (κ1) is 22.6. The van der Waals surface area contributed by atoms with E-state index in [-0.39, 0.29) is 10.8 Å². The lowest BCUT2D eigenvalue weighted by Crippen LogP contribution is -2.27. The Morgan fingerprint density at radius 1 is 1.16 bits per heavy atom. The van der Waals surface area contributed by atoms with Crippen molar-refractivity contribution in [2.45, 2.75) is 42.0 Å². The molecule has 1 aromatic carbocycles. The minimum atomic E-state index is -3.47. The van der Waals surface area contributed by atoms with Crippen LogP contribution in [0, 0.1) is 6.92 Å². The first-order valence-corrected chi connectivity index (χ1v) is 12.6. The first-order valence-electron chi connectivity index (χ1n) is 10.3. The van der Waals surface area contributed by atoms with Gasteiger partial charge in [-0.1, -0.05) is 11.8 Å². The van der Waals surface area contributed by atoms with Crippen molar-refractivity contribution in [1.29, 1.82) is 0 Å². The maximum atomic E-state index is 12.7. The lowest BCUT2D eigenvalue weighted by atomic mass is 10.2. The molecule has 9 nitrogen and oxygen atoms in total. The number of carbonyl (C=O) groups is 1. The van der Waals surface area contributed by atoms with Gasteiger partial charge in [0.15, 0.2) is 11.0 Å². The molecule has 3 aromatic rings. The maximum absolute atomic E-state index is 12.7. The summed E-state index contributed by atoms with van der Waals surface area (Å²) in [6.07, 6.45) is 3.37. The number of carbonyl (C=O) groups excluding carboxylic acids is 1. The van der Waals surface area contributed by atoms with Crippen molar-refractivity contribution < 1.29 is 17.6 Å². The standard InChI is InChI=1S/C21H25N5O4S2/c1-14-18(10-13-30-14)19-23-24-21(25(19)3)31-15(2)20(27)22-16-6-8-17(9-7-16)32(28,29)26-11-4-5-12-26/h6-10,13,15H,4-5,11-12H2,1-3H3,(H,22,27). The molecule has 2 aromatic heterocycles. The molecule has 1 fully saturated rings. The number of hydrogen-bond acceptors (Lipinski definition) is 7. The average Bonchev–Trinajstić information content (AvgIpc) is 3.51. The predicted molar refractivity (Wildman–Crippen MR) is 122 cm³/mol. The molecule has 32 heavy (non-hydrogen) atoms. The van der Waals surface area contributed by atoms with Gasteiger partial charge in [-0.25, -0.2) is 8.42 Å². The van der Waals surface area contributed by atoms with Gasteiger partial charge in [-0.3, -0.25) is 4.79 Å². The summed E-state index contributed by atoms with van der Waals surface area (Å²) in [5.74, 6) is 1.20. The largest absolute Gasteiger partial charge is 0.469 e. The molecule has 1 aliphatic rings. The Hall–Kier alpha value is -2.63. The number of thioether (sulfide) groups is 1. The third-order valence-corrected chi connectivity index (χ3v) is 8.46. The molecular formula is C21H25N5O4S2. The van der Waals surface area contributed by atoms with Gasteiger partial charge in [-0.15, -0.1) is 10.2 Å². The van der Waals surface area contributed by atoms with Gasteiger partial charge in [0.2, 0.25) is 15.9 Å². The van der Waals surface area contributed by atoms with Gasteiger partial charge >= 0.3 is 0 Å². The zero-order valence-electron chi connectivity index (χ0n) is 18.1. The van der Waals surface area contributed by atoms with E-state index in [1.54, 1.807) is 25.3 Å². The van der Waals surface area contributed by atoms with Crippen LogP contribution in [-0.2, 0) is 21.9 Å². The highest BCUT2D eigenvalue weighted by Crippen LogP contribution is 2.28. The summed E-state index contributed by atoms with van der Waals surface area (Å²) >= 11 is 1.29. The number of benzene rings is 1. The highest BCUT2D eigenvalue weighted by atomic mass is 32.2. The van der Waals surface area contributed by atoms with Crippen molar-refractivity contribution in [1.82, 2.24) is 19.1 Å². The third kappa shape index (κ3) is 4.45. The minimum absolute atomic E-state index is 0.214. The van der Waals surface area contributed by atoms with Gasteiger partial charge in [0.05, 0.1) is 22.0 Å². The number of hydrogen-bond donors (Lipinski definition) is 1. The molecule has 0 aliphatic carbocycles. The normalized spacial score (nSPS) is 15.7. The molecule has 0 saturated carbocycles. The van der Waals surface area contributed by atoms with E-state index in [1.807, 2.05) is 24.6 Å². The number of sulfonamides is 1. The van der Waals surface area contributed by atoms with E-state index in [1.165, 1.54) is 28.2 Å². The van der Waals surface area contributed by atoms with Crippen LogP contribution in [0.2, 0.25) is 0 Å². The molecular weight excluding hydrogens is 450 g/mol. The third-order valence-electron chi connectivity index (χ3n) is 5.41. The second-order valence-corrected chi connectivity index (χ2v) is 10.9. The van der Waals surface area contributed by atoms with Gasteiger partial charge in [-0.2, -0.15) is 4.31 Å². The molecule has 11 heteroatoms. The number of amides is 1. The van der Waals surface area contributed by atoms with Crippen molar-refractivity contribution in [3.8, 4) is 11.4 Å². The van der Waals surface area contributed by atoms with Crippen LogP contribution < -0.4 is 5.32 Å². The van der Waals surface area contributed by atoms with Crippen molar-refractivity contribution in [3.63, 3.8) is 0 Å². The Kier molecular flexibility index (Phi) is 6.40. The molecule has 1 saturated heterocycles. The zero-order valence-corrected chi connectivity index (χ0v) is 19.7. The van der Waals surface area contributed by atoms with E-state index >= 15 is 0 Å². The summed E-state index contributed by atoms with van der Waals surface area (Å²) in [5, 5.41) is 11.4. The molecule has 0 radical (unpaired) electrons. The number of anilines is 1. The van der Waals surface area contributed by atoms with E-state index in [0.29, 0.717) is 29.8 Å². The number of aryl methyl sites for hydroxylation is 1.